The molecule has 1 aliphatic heterocycles. The van der Waals surface area contributed by atoms with Gasteiger partial charge in [0.15, 0.2) is 11.5 Å². The van der Waals surface area contributed by atoms with Crippen LogP contribution in [0.2, 0.25) is 0 Å². The van der Waals surface area contributed by atoms with E-state index in [0.717, 1.165) is 0 Å². The number of amides is 1. The standard InChI is InChI=1S/C15H19N3O6/c1-10(11-4-5-13(22-3)12(8-11)18(20)21)16-17-14(19)9-15(2)23-6-7-24-15/h4-5,8H,6-7,9H2,1-3H3,(H,17,19)/b16-10+. The molecule has 1 aromatic rings. The molecular weight excluding hydrogens is 318 g/mol. The molecule has 1 N–H and O–H groups in total. The van der Waals surface area contributed by atoms with Gasteiger partial charge in [0.1, 0.15) is 0 Å². The third-order valence-electron chi connectivity index (χ3n) is 3.52. The minimum Gasteiger partial charge on any atom is -0.490 e. The quantitative estimate of drug-likeness (QED) is 0.479. The molecule has 0 spiro atoms. The maximum atomic E-state index is 11.9. The van der Waals surface area contributed by atoms with E-state index in [4.69, 9.17) is 14.2 Å². The highest BCUT2D eigenvalue weighted by molar-refractivity contribution is 6.00. The number of ether oxygens (including phenoxy) is 3. The van der Waals surface area contributed by atoms with E-state index in [9.17, 15) is 14.9 Å². The molecule has 1 aromatic carbocycles. The number of methoxy groups -OCH3 is 1. The minimum absolute atomic E-state index is 0.00649. The van der Waals surface area contributed by atoms with Crippen LogP contribution in [-0.2, 0) is 14.3 Å². The fourth-order valence-corrected chi connectivity index (χ4v) is 2.26. The third-order valence-corrected chi connectivity index (χ3v) is 3.52. The summed E-state index contributed by atoms with van der Waals surface area (Å²) in [6.07, 6.45) is 0.00649. The van der Waals surface area contributed by atoms with Crippen molar-refractivity contribution in [3.63, 3.8) is 0 Å². The second-order valence-corrected chi connectivity index (χ2v) is 5.38. The lowest BCUT2D eigenvalue weighted by Crippen LogP contribution is -2.33. The van der Waals surface area contributed by atoms with Gasteiger partial charge < -0.3 is 14.2 Å². The first-order valence-corrected chi connectivity index (χ1v) is 7.28. The van der Waals surface area contributed by atoms with Gasteiger partial charge in [0.05, 0.1) is 37.4 Å². The van der Waals surface area contributed by atoms with Gasteiger partial charge in [0.2, 0.25) is 5.91 Å². The number of nitro benzene ring substituents is 1. The first kappa shape index (κ1) is 17.8. The van der Waals surface area contributed by atoms with Gasteiger partial charge in [-0.15, -0.1) is 0 Å². The van der Waals surface area contributed by atoms with Crippen molar-refractivity contribution in [2.75, 3.05) is 20.3 Å². The van der Waals surface area contributed by atoms with Crippen LogP contribution in [0.25, 0.3) is 0 Å². The number of hydrogen-bond donors (Lipinski definition) is 1. The number of carbonyl (C=O) groups excluding carboxylic acids is 1. The Morgan fingerprint density at radius 2 is 2.12 bits per heavy atom. The van der Waals surface area contributed by atoms with Gasteiger partial charge in [-0.25, -0.2) is 5.43 Å². The Hall–Kier alpha value is -2.52. The van der Waals surface area contributed by atoms with Crippen LogP contribution in [0.1, 0.15) is 25.8 Å². The largest absolute Gasteiger partial charge is 0.490 e. The Balaban J connectivity index is 2.06. The van der Waals surface area contributed by atoms with Crippen molar-refractivity contribution < 1.29 is 23.9 Å². The molecule has 130 valence electrons. The van der Waals surface area contributed by atoms with Gasteiger partial charge in [0.25, 0.3) is 0 Å². The molecule has 0 aromatic heterocycles. The summed E-state index contributed by atoms with van der Waals surface area (Å²) in [5.41, 5.74) is 3.15. The number of hydrazone groups is 1. The van der Waals surface area contributed by atoms with Gasteiger partial charge >= 0.3 is 5.69 Å². The summed E-state index contributed by atoms with van der Waals surface area (Å²) in [7, 11) is 1.36. The molecule has 1 amide bonds. The van der Waals surface area contributed by atoms with Crippen LogP contribution in [-0.4, -0.2) is 42.7 Å². The number of nitrogens with zero attached hydrogens (tertiary/aromatic N) is 2. The van der Waals surface area contributed by atoms with Crippen LogP contribution in [0.4, 0.5) is 5.69 Å². The zero-order chi connectivity index (χ0) is 17.7. The highest BCUT2D eigenvalue weighted by Gasteiger charge is 2.33. The number of rotatable bonds is 6. The van der Waals surface area contributed by atoms with Gasteiger partial charge in [0, 0.05) is 11.6 Å². The maximum absolute atomic E-state index is 11.9. The molecule has 1 fully saturated rings. The third kappa shape index (κ3) is 4.27. The van der Waals surface area contributed by atoms with Crippen LogP contribution >= 0.6 is 0 Å². The minimum atomic E-state index is -0.938. The predicted octanol–water partition coefficient (Wildman–Crippen LogP) is 1.60. The zero-order valence-electron chi connectivity index (χ0n) is 13.7. The van der Waals surface area contributed by atoms with Crippen molar-refractivity contribution >= 4 is 17.3 Å². The topological polar surface area (TPSA) is 112 Å². The molecule has 0 saturated carbocycles. The normalized spacial score (nSPS) is 16.7. The predicted molar refractivity (Wildman–Crippen MR) is 84.9 cm³/mol. The molecule has 9 nitrogen and oxygen atoms in total. The molecule has 0 bridgehead atoms. The van der Waals surface area contributed by atoms with Crippen molar-refractivity contribution in [2.45, 2.75) is 26.1 Å². The van der Waals surface area contributed by atoms with Crippen LogP contribution < -0.4 is 10.2 Å². The summed E-state index contributed by atoms with van der Waals surface area (Å²) in [5, 5.41) is 15.0. The van der Waals surface area contributed by atoms with E-state index in [2.05, 4.69) is 10.5 Å². The SMILES string of the molecule is COc1ccc(/C(C)=N/NC(=O)CC2(C)OCCO2)cc1[N+](=O)[O-]. The molecule has 9 heteroatoms. The van der Waals surface area contributed by atoms with E-state index in [0.29, 0.717) is 24.5 Å². The van der Waals surface area contributed by atoms with Gasteiger partial charge in [-0.3, -0.25) is 14.9 Å². The monoisotopic (exact) mass is 337 g/mol. The first-order valence-electron chi connectivity index (χ1n) is 7.28. The van der Waals surface area contributed by atoms with E-state index in [1.807, 2.05) is 0 Å². The highest BCUT2D eigenvalue weighted by Crippen LogP contribution is 2.27. The van der Waals surface area contributed by atoms with Crippen LogP contribution in [0, 0.1) is 10.1 Å². The van der Waals surface area contributed by atoms with Crippen molar-refractivity contribution in [1.82, 2.24) is 5.43 Å². The Morgan fingerprint density at radius 3 is 2.71 bits per heavy atom. The van der Waals surface area contributed by atoms with E-state index in [1.165, 1.54) is 19.2 Å². The average molecular weight is 337 g/mol. The van der Waals surface area contributed by atoms with Crippen molar-refractivity contribution in [3.05, 3.63) is 33.9 Å². The summed E-state index contributed by atoms with van der Waals surface area (Å²) >= 11 is 0. The second kappa shape index (κ2) is 7.37. The van der Waals surface area contributed by atoms with E-state index in [1.54, 1.807) is 19.9 Å². The molecular formula is C15H19N3O6. The Bertz CT molecular complexity index is 667. The van der Waals surface area contributed by atoms with Crippen LogP contribution in [0.5, 0.6) is 5.75 Å². The summed E-state index contributed by atoms with van der Waals surface area (Å²) in [6, 6.07) is 4.45. The van der Waals surface area contributed by atoms with E-state index >= 15 is 0 Å². The number of carbonyl (C=O) groups is 1. The molecule has 0 atom stereocenters. The van der Waals surface area contributed by atoms with Gasteiger partial charge in [-0.05, 0) is 26.0 Å². The Morgan fingerprint density at radius 1 is 1.46 bits per heavy atom. The fourth-order valence-electron chi connectivity index (χ4n) is 2.26. The molecule has 1 saturated heterocycles. The van der Waals surface area contributed by atoms with Crippen LogP contribution in [0.15, 0.2) is 23.3 Å². The highest BCUT2D eigenvalue weighted by atomic mass is 16.7. The van der Waals surface area contributed by atoms with Crippen molar-refractivity contribution in [2.24, 2.45) is 5.10 Å². The number of nitrogens with one attached hydrogen (secondary N) is 1. The number of hydrogen-bond acceptors (Lipinski definition) is 7. The molecule has 0 aliphatic carbocycles. The lowest BCUT2D eigenvalue weighted by Gasteiger charge is -2.20. The fraction of sp³-hybridized carbons (Fsp3) is 0.467. The molecule has 2 rings (SSSR count). The van der Waals surface area contributed by atoms with Crippen molar-refractivity contribution in [3.8, 4) is 5.75 Å². The maximum Gasteiger partial charge on any atom is 0.311 e. The summed E-state index contributed by atoms with van der Waals surface area (Å²) < 4.78 is 15.6. The van der Waals surface area contributed by atoms with Crippen LogP contribution in [0.3, 0.4) is 0 Å². The van der Waals surface area contributed by atoms with Crippen molar-refractivity contribution in [1.29, 1.82) is 0 Å². The average Bonchev–Trinajstić information content (AvgIpc) is 2.97. The molecule has 24 heavy (non-hydrogen) atoms. The molecule has 0 radical (unpaired) electrons. The zero-order valence-corrected chi connectivity index (χ0v) is 13.7. The summed E-state index contributed by atoms with van der Waals surface area (Å²) in [5.74, 6) is -1.15. The summed E-state index contributed by atoms with van der Waals surface area (Å²) in [6.45, 7) is 4.21. The summed E-state index contributed by atoms with van der Waals surface area (Å²) in [4.78, 5) is 22.4. The Kier molecular flexibility index (Phi) is 5.47. The number of benzene rings is 1. The van der Waals surface area contributed by atoms with Gasteiger partial charge in [-0.2, -0.15) is 5.10 Å². The molecule has 1 heterocycles. The van der Waals surface area contributed by atoms with E-state index in [-0.39, 0.29) is 23.8 Å². The first-order chi connectivity index (χ1) is 11.3. The smallest absolute Gasteiger partial charge is 0.311 e. The molecule has 1 aliphatic rings. The lowest BCUT2D eigenvalue weighted by molar-refractivity contribution is -0.385. The van der Waals surface area contributed by atoms with E-state index < -0.39 is 10.7 Å². The molecule has 0 unspecified atom stereocenters. The Labute approximate surface area is 138 Å². The van der Waals surface area contributed by atoms with Gasteiger partial charge in [-0.1, -0.05) is 0 Å². The lowest BCUT2D eigenvalue weighted by atomic mass is 10.1. The number of nitro groups is 1. The second-order valence-electron chi connectivity index (χ2n) is 5.38.